The molecule has 0 aromatic carbocycles. The van der Waals surface area contributed by atoms with Gasteiger partial charge < -0.3 is 20.1 Å². The van der Waals surface area contributed by atoms with Crippen molar-refractivity contribution < 1.29 is 24.2 Å². The molecular formula is C22H36N2O5S. The first-order chi connectivity index (χ1) is 14.1. The fourth-order valence-corrected chi connectivity index (χ4v) is 8.20. The number of hydrogen-bond donors (Lipinski definition) is 2. The molecular weight excluding hydrogens is 404 g/mol. The average molecular weight is 441 g/mol. The quantitative estimate of drug-likeness (QED) is 0.559. The third kappa shape index (κ3) is 3.34. The molecule has 8 heteroatoms. The molecule has 3 unspecified atom stereocenters. The number of esters is 1. The lowest BCUT2D eigenvalue weighted by molar-refractivity contribution is -0.154. The molecule has 3 rings (SSSR count). The summed E-state index contributed by atoms with van der Waals surface area (Å²) in [6, 6.07) is -1.23. The van der Waals surface area contributed by atoms with Gasteiger partial charge in [-0.05, 0) is 39.0 Å². The standard InChI is InChI=1S/C22H36N2O5S/c1-7-12(5)14(10-25)24-18(19(26)23-11(3)4)22-13(6)9-15(30-22)16(17(22)20(24)27)21(28)29-8-2/h11-18,25H,7-10H2,1-6H3,(H,23,26)/t12-,13?,14-,15+,16-,17-,18?,22?/m0/s1. The molecule has 7 nitrogen and oxygen atoms in total. The van der Waals surface area contributed by atoms with Crippen LogP contribution in [-0.2, 0) is 19.1 Å². The van der Waals surface area contributed by atoms with E-state index in [1.54, 1.807) is 23.6 Å². The number of aliphatic hydroxyl groups excluding tert-OH is 1. The number of aliphatic hydroxyl groups is 1. The number of amides is 2. The highest BCUT2D eigenvalue weighted by Gasteiger charge is 2.77. The SMILES string of the molecule is CCOC(=O)[C@@H]1[C@H]2C(=O)N([C@@H](CO)[C@@H](C)CC)C(C(=O)NC(C)C)C23S[C@@H]1CC3C. The number of carbonyl (C=O) groups is 3. The van der Waals surface area contributed by atoms with Crippen molar-refractivity contribution in [2.24, 2.45) is 23.7 Å². The Hall–Kier alpha value is -1.28. The van der Waals surface area contributed by atoms with Gasteiger partial charge in [-0.1, -0.05) is 27.2 Å². The number of nitrogens with one attached hydrogen (secondary N) is 1. The number of carbonyl (C=O) groups excluding carboxylic acids is 3. The van der Waals surface area contributed by atoms with E-state index in [4.69, 9.17) is 4.74 Å². The lowest BCUT2D eigenvalue weighted by Crippen LogP contribution is -2.60. The Morgan fingerprint density at radius 3 is 2.53 bits per heavy atom. The van der Waals surface area contributed by atoms with Gasteiger partial charge in [-0.2, -0.15) is 0 Å². The van der Waals surface area contributed by atoms with Crippen molar-refractivity contribution in [2.75, 3.05) is 13.2 Å². The Balaban J connectivity index is 2.11. The first-order valence-electron chi connectivity index (χ1n) is 11.2. The lowest BCUT2D eigenvalue weighted by atomic mass is 9.66. The number of rotatable bonds is 8. The van der Waals surface area contributed by atoms with Crippen molar-refractivity contribution in [3.8, 4) is 0 Å². The minimum atomic E-state index is -0.701. The minimum Gasteiger partial charge on any atom is -0.466 e. The molecule has 2 amide bonds. The topological polar surface area (TPSA) is 95.9 Å². The summed E-state index contributed by atoms with van der Waals surface area (Å²) >= 11 is 1.63. The molecule has 3 fully saturated rings. The van der Waals surface area contributed by atoms with Crippen LogP contribution < -0.4 is 5.32 Å². The van der Waals surface area contributed by atoms with Crippen molar-refractivity contribution in [1.29, 1.82) is 0 Å². The third-order valence-electron chi connectivity index (χ3n) is 7.27. The monoisotopic (exact) mass is 440 g/mol. The van der Waals surface area contributed by atoms with E-state index in [0.717, 1.165) is 12.8 Å². The Labute approximate surface area is 183 Å². The number of likely N-dealkylation sites (tertiary alicyclic amines) is 1. The summed E-state index contributed by atoms with van der Waals surface area (Å²) in [5.41, 5.74) is 0. The Kier molecular flexibility index (Phi) is 6.77. The minimum absolute atomic E-state index is 0.0133. The second-order valence-corrected chi connectivity index (χ2v) is 10.9. The maximum Gasteiger partial charge on any atom is 0.310 e. The summed E-state index contributed by atoms with van der Waals surface area (Å²) < 4.78 is 4.68. The maximum absolute atomic E-state index is 13.9. The van der Waals surface area contributed by atoms with Gasteiger partial charge in [0.1, 0.15) is 6.04 Å². The van der Waals surface area contributed by atoms with Gasteiger partial charge in [-0.25, -0.2) is 0 Å². The van der Waals surface area contributed by atoms with Crippen molar-refractivity contribution >= 4 is 29.5 Å². The number of thioether (sulfide) groups is 1. The molecule has 3 aliphatic heterocycles. The van der Waals surface area contributed by atoms with Crippen LogP contribution in [0.5, 0.6) is 0 Å². The molecule has 170 valence electrons. The van der Waals surface area contributed by atoms with E-state index in [0.29, 0.717) is 0 Å². The second-order valence-electron chi connectivity index (χ2n) is 9.35. The molecule has 0 aromatic rings. The predicted octanol–water partition coefficient (Wildman–Crippen LogP) is 1.82. The summed E-state index contributed by atoms with van der Waals surface area (Å²) in [4.78, 5) is 41.9. The van der Waals surface area contributed by atoms with E-state index in [1.807, 2.05) is 27.7 Å². The first kappa shape index (κ1) is 23.4. The zero-order chi connectivity index (χ0) is 22.4. The van der Waals surface area contributed by atoms with Gasteiger partial charge in [0.05, 0.1) is 35.8 Å². The summed E-state index contributed by atoms with van der Waals surface area (Å²) in [5, 5.41) is 13.2. The highest BCUT2D eigenvalue weighted by atomic mass is 32.2. The molecule has 0 aliphatic carbocycles. The summed E-state index contributed by atoms with van der Waals surface area (Å²) in [6.45, 7) is 11.7. The number of fused-ring (bicyclic) bond motifs is 1. The molecule has 8 atom stereocenters. The predicted molar refractivity (Wildman–Crippen MR) is 116 cm³/mol. The normalized spacial score (nSPS) is 36.7. The van der Waals surface area contributed by atoms with Crippen LogP contribution in [0.15, 0.2) is 0 Å². The van der Waals surface area contributed by atoms with Gasteiger partial charge in [-0.3, -0.25) is 14.4 Å². The molecule has 2 N–H and O–H groups in total. The first-order valence-corrected chi connectivity index (χ1v) is 12.1. The van der Waals surface area contributed by atoms with Crippen molar-refractivity contribution in [1.82, 2.24) is 10.2 Å². The van der Waals surface area contributed by atoms with E-state index >= 15 is 0 Å². The van der Waals surface area contributed by atoms with Crippen LogP contribution in [0.3, 0.4) is 0 Å². The Morgan fingerprint density at radius 1 is 1.33 bits per heavy atom. The second kappa shape index (κ2) is 8.69. The van der Waals surface area contributed by atoms with Crippen molar-refractivity contribution in [3.05, 3.63) is 0 Å². The highest BCUT2D eigenvalue weighted by molar-refractivity contribution is 8.02. The van der Waals surface area contributed by atoms with E-state index in [1.165, 1.54) is 0 Å². The summed E-state index contributed by atoms with van der Waals surface area (Å²) in [5.74, 6) is -1.69. The van der Waals surface area contributed by atoms with Crippen LogP contribution in [0.4, 0.5) is 0 Å². The third-order valence-corrected chi connectivity index (χ3v) is 9.34. The van der Waals surface area contributed by atoms with E-state index < -0.39 is 28.7 Å². The maximum atomic E-state index is 13.9. The van der Waals surface area contributed by atoms with Crippen LogP contribution >= 0.6 is 11.8 Å². The van der Waals surface area contributed by atoms with Gasteiger partial charge in [0.2, 0.25) is 11.8 Å². The molecule has 3 saturated heterocycles. The van der Waals surface area contributed by atoms with Gasteiger partial charge in [-0.15, -0.1) is 11.8 Å². The van der Waals surface area contributed by atoms with Crippen molar-refractivity contribution in [2.45, 2.75) is 82.5 Å². The van der Waals surface area contributed by atoms with Crippen LogP contribution in [0.25, 0.3) is 0 Å². The lowest BCUT2D eigenvalue weighted by Gasteiger charge is -2.41. The van der Waals surface area contributed by atoms with Gasteiger partial charge in [0.15, 0.2) is 0 Å². The van der Waals surface area contributed by atoms with Gasteiger partial charge >= 0.3 is 5.97 Å². The highest BCUT2D eigenvalue weighted by Crippen LogP contribution is 2.69. The van der Waals surface area contributed by atoms with Crippen LogP contribution in [0.2, 0.25) is 0 Å². The largest absolute Gasteiger partial charge is 0.466 e. The Morgan fingerprint density at radius 2 is 2.00 bits per heavy atom. The number of nitrogens with zero attached hydrogens (tertiary/aromatic N) is 1. The zero-order valence-electron chi connectivity index (χ0n) is 18.9. The van der Waals surface area contributed by atoms with Crippen molar-refractivity contribution in [3.63, 3.8) is 0 Å². The van der Waals surface area contributed by atoms with E-state index in [-0.39, 0.29) is 54.1 Å². The smallest absolute Gasteiger partial charge is 0.310 e. The molecule has 3 heterocycles. The van der Waals surface area contributed by atoms with Gasteiger partial charge in [0, 0.05) is 11.3 Å². The fraction of sp³-hybridized carbons (Fsp3) is 0.864. The Bertz CT molecular complexity index is 701. The number of ether oxygens (including phenoxy) is 1. The molecule has 0 radical (unpaired) electrons. The van der Waals surface area contributed by atoms with E-state index in [9.17, 15) is 19.5 Å². The molecule has 30 heavy (non-hydrogen) atoms. The molecule has 0 saturated carbocycles. The van der Waals surface area contributed by atoms with Crippen LogP contribution in [-0.4, -0.2) is 69.1 Å². The van der Waals surface area contributed by atoms with Crippen LogP contribution in [0, 0.1) is 23.7 Å². The molecule has 3 aliphatic rings. The zero-order valence-corrected chi connectivity index (χ0v) is 19.7. The van der Waals surface area contributed by atoms with Gasteiger partial charge in [0.25, 0.3) is 0 Å². The molecule has 2 bridgehead atoms. The van der Waals surface area contributed by atoms with Crippen LogP contribution in [0.1, 0.15) is 54.4 Å². The summed E-state index contributed by atoms with van der Waals surface area (Å²) in [7, 11) is 0. The molecule has 1 spiro atoms. The average Bonchev–Trinajstić information content (AvgIpc) is 3.26. The summed E-state index contributed by atoms with van der Waals surface area (Å²) in [6.07, 6.45) is 1.56. The molecule has 0 aromatic heterocycles. The number of hydrogen-bond acceptors (Lipinski definition) is 6. The fourth-order valence-electron chi connectivity index (χ4n) is 5.80. The van der Waals surface area contributed by atoms with E-state index in [2.05, 4.69) is 12.2 Å².